The first-order valence-corrected chi connectivity index (χ1v) is 7.98. The van der Waals surface area contributed by atoms with Gasteiger partial charge in [-0.15, -0.1) is 0 Å². The molecule has 0 heterocycles. The first-order chi connectivity index (χ1) is 10.2. The lowest BCUT2D eigenvalue weighted by Gasteiger charge is -2.55. The van der Waals surface area contributed by atoms with Crippen molar-refractivity contribution >= 4 is 5.78 Å². The van der Waals surface area contributed by atoms with Crippen LogP contribution in [0.4, 0.5) is 0 Å². The first kappa shape index (κ1) is 13.3. The van der Waals surface area contributed by atoms with Gasteiger partial charge < -0.3 is 9.47 Å². The van der Waals surface area contributed by atoms with Crippen LogP contribution in [0.25, 0.3) is 0 Å². The van der Waals surface area contributed by atoms with E-state index in [1.807, 2.05) is 12.1 Å². The summed E-state index contributed by atoms with van der Waals surface area (Å²) in [6, 6.07) is 8.12. The fourth-order valence-corrected chi connectivity index (χ4v) is 5.16. The van der Waals surface area contributed by atoms with Gasteiger partial charge in [0.05, 0.1) is 5.41 Å². The second-order valence-corrected chi connectivity index (χ2v) is 7.07. The Bertz CT molecular complexity index is 551. The number of benzene rings is 1. The monoisotopic (exact) mass is 286 g/mol. The SMILES string of the molecule is COCOc1cccc(C23CC4CC(CC(C4)C2=O)C3)c1. The smallest absolute Gasteiger partial charge is 0.188 e. The zero-order valence-corrected chi connectivity index (χ0v) is 12.5. The summed E-state index contributed by atoms with van der Waals surface area (Å²) < 4.78 is 10.5. The number of hydrogen-bond donors (Lipinski definition) is 0. The molecule has 4 fully saturated rings. The lowest BCUT2D eigenvalue weighted by atomic mass is 9.47. The number of hydrogen-bond acceptors (Lipinski definition) is 3. The van der Waals surface area contributed by atoms with E-state index in [0.29, 0.717) is 11.7 Å². The van der Waals surface area contributed by atoms with E-state index in [1.54, 1.807) is 7.11 Å². The van der Waals surface area contributed by atoms with Gasteiger partial charge in [-0.05, 0) is 61.6 Å². The number of carbonyl (C=O) groups excluding carboxylic acids is 1. The number of Topliss-reactive ketones (excluding diaryl/α,β-unsaturated/α-hetero) is 1. The molecular formula is C18H22O3. The molecule has 4 saturated carbocycles. The average molecular weight is 286 g/mol. The van der Waals surface area contributed by atoms with E-state index in [2.05, 4.69) is 12.1 Å². The zero-order valence-electron chi connectivity index (χ0n) is 12.5. The van der Waals surface area contributed by atoms with Crippen molar-refractivity contribution in [3.05, 3.63) is 29.8 Å². The van der Waals surface area contributed by atoms with Crippen LogP contribution < -0.4 is 4.74 Å². The van der Waals surface area contributed by atoms with Gasteiger partial charge in [-0.2, -0.15) is 0 Å². The summed E-state index contributed by atoms with van der Waals surface area (Å²) in [6.45, 7) is 0.248. The van der Waals surface area contributed by atoms with Gasteiger partial charge in [0, 0.05) is 13.0 Å². The number of ether oxygens (including phenoxy) is 2. The first-order valence-electron chi connectivity index (χ1n) is 7.98. The minimum atomic E-state index is -0.221. The highest BCUT2D eigenvalue weighted by Gasteiger charge is 2.57. The van der Waals surface area contributed by atoms with E-state index in [0.717, 1.165) is 43.3 Å². The van der Waals surface area contributed by atoms with Crippen molar-refractivity contribution in [2.75, 3.05) is 13.9 Å². The molecule has 0 amide bonds. The van der Waals surface area contributed by atoms with Crippen molar-refractivity contribution in [3.8, 4) is 5.75 Å². The van der Waals surface area contributed by atoms with Gasteiger partial charge in [0.25, 0.3) is 0 Å². The molecule has 2 atom stereocenters. The molecule has 21 heavy (non-hydrogen) atoms. The van der Waals surface area contributed by atoms with Crippen molar-refractivity contribution in [1.29, 1.82) is 0 Å². The quantitative estimate of drug-likeness (QED) is 0.797. The lowest BCUT2D eigenvalue weighted by Crippen LogP contribution is -2.55. The van der Waals surface area contributed by atoms with E-state index < -0.39 is 0 Å². The maximum atomic E-state index is 13.0. The number of methoxy groups -OCH3 is 1. The molecule has 4 bridgehead atoms. The van der Waals surface area contributed by atoms with E-state index in [-0.39, 0.29) is 12.2 Å². The van der Waals surface area contributed by atoms with Crippen LogP contribution in [0.1, 0.15) is 37.7 Å². The molecule has 3 heteroatoms. The molecule has 0 aromatic heterocycles. The van der Waals surface area contributed by atoms with Crippen LogP contribution in [0.5, 0.6) is 5.75 Å². The number of rotatable bonds is 4. The zero-order chi connectivity index (χ0) is 14.4. The standard InChI is InChI=1S/C18H22O3/c1-20-11-21-16-4-2-3-15(8-16)18-9-12-5-13(10-18)7-14(6-12)17(18)19/h2-4,8,12-14H,5-7,9-11H2,1H3. The highest BCUT2D eigenvalue weighted by molar-refractivity contribution is 5.94. The van der Waals surface area contributed by atoms with Gasteiger partial charge in [0.15, 0.2) is 6.79 Å². The summed E-state index contributed by atoms with van der Waals surface area (Å²) in [6.07, 6.45) is 5.71. The van der Waals surface area contributed by atoms with Gasteiger partial charge in [-0.1, -0.05) is 12.1 Å². The van der Waals surface area contributed by atoms with E-state index in [1.165, 1.54) is 12.0 Å². The molecule has 0 radical (unpaired) electrons. The van der Waals surface area contributed by atoms with Crippen LogP contribution in [-0.4, -0.2) is 19.7 Å². The van der Waals surface area contributed by atoms with Crippen LogP contribution in [0.3, 0.4) is 0 Å². The Morgan fingerprint density at radius 1 is 1.19 bits per heavy atom. The van der Waals surface area contributed by atoms with Gasteiger partial charge in [-0.3, -0.25) is 4.79 Å². The van der Waals surface area contributed by atoms with Crippen LogP contribution in [0.15, 0.2) is 24.3 Å². The van der Waals surface area contributed by atoms with Crippen molar-refractivity contribution in [2.45, 2.75) is 37.5 Å². The third-order valence-electron chi connectivity index (χ3n) is 5.75. The van der Waals surface area contributed by atoms with E-state index in [9.17, 15) is 4.79 Å². The molecular weight excluding hydrogens is 264 g/mol. The maximum absolute atomic E-state index is 13.0. The fourth-order valence-electron chi connectivity index (χ4n) is 5.16. The molecule has 0 aliphatic heterocycles. The van der Waals surface area contributed by atoms with Crippen molar-refractivity contribution in [1.82, 2.24) is 0 Å². The van der Waals surface area contributed by atoms with Gasteiger partial charge in [-0.25, -0.2) is 0 Å². The second kappa shape index (κ2) is 4.84. The lowest BCUT2D eigenvalue weighted by molar-refractivity contribution is -0.143. The molecule has 0 spiro atoms. The molecule has 3 nitrogen and oxygen atoms in total. The summed E-state index contributed by atoms with van der Waals surface area (Å²) in [7, 11) is 1.62. The third kappa shape index (κ3) is 2.02. The normalized spacial score (nSPS) is 37.0. The Labute approximate surface area is 125 Å². The Balaban J connectivity index is 1.70. The van der Waals surface area contributed by atoms with Gasteiger partial charge in [0.2, 0.25) is 0 Å². The van der Waals surface area contributed by atoms with Crippen LogP contribution in [0, 0.1) is 17.8 Å². The largest absolute Gasteiger partial charge is 0.468 e. The molecule has 4 aliphatic carbocycles. The fraction of sp³-hybridized carbons (Fsp3) is 0.611. The summed E-state index contributed by atoms with van der Waals surface area (Å²) in [5.41, 5.74) is 0.946. The minimum absolute atomic E-state index is 0.221. The van der Waals surface area contributed by atoms with Crippen LogP contribution >= 0.6 is 0 Å². The minimum Gasteiger partial charge on any atom is -0.468 e. The predicted octanol–water partition coefficient (Wildman–Crippen LogP) is 3.32. The molecule has 0 N–H and O–H groups in total. The molecule has 4 aliphatic rings. The number of carbonyl (C=O) groups is 1. The van der Waals surface area contributed by atoms with Gasteiger partial charge >= 0.3 is 0 Å². The average Bonchev–Trinajstić information content (AvgIpc) is 2.50. The topological polar surface area (TPSA) is 35.5 Å². The van der Waals surface area contributed by atoms with Crippen molar-refractivity contribution in [3.63, 3.8) is 0 Å². The molecule has 112 valence electrons. The van der Waals surface area contributed by atoms with E-state index in [4.69, 9.17) is 9.47 Å². The summed E-state index contributed by atoms with van der Waals surface area (Å²) in [5, 5.41) is 0. The summed E-state index contributed by atoms with van der Waals surface area (Å²) >= 11 is 0. The maximum Gasteiger partial charge on any atom is 0.188 e. The Kier molecular flexibility index (Phi) is 3.07. The highest BCUT2D eigenvalue weighted by Crippen LogP contribution is 2.59. The molecule has 1 aromatic rings. The summed E-state index contributed by atoms with van der Waals surface area (Å²) in [5.74, 6) is 3.13. The van der Waals surface area contributed by atoms with Crippen LogP contribution in [-0.2, 0) is 14.9 Å². The van der Waals surface area contributed by atoms with E-state index >= 15 is 0 Å². The van der Waals surface area contributed by atoms with Gasteiger partial charge in [0.1, 0.15) is 11.5 Å². The molecule has 2 unspecified atom stereocenters. The highest BCUT2D eigenvalue weighted by atomic mass is 16.7. The Morgan fingerprint density at radius 2 is 1.95 bits per heavy atom. The Morgan fingerprint density at radius 3 is 2.67 bits per heavy atom. The molecule has 5 rings (SSSR count). The molecule has 0 saturated heterocycles. The number of ketones is 1. The van der Waals surface area contributed by atoms with Crippen molar-refractivity contribution in [2.24, 2.45) is 17.8 Å². The third-order valence-corrected chi connectivity index (χ3v) is 5.75. The second-order valence-electron chi connectivity index (χ2n) is 7.07. The Hall–Kier alpha value is -1.35. The molecule has 1 aromatic carbocycles. The van der Waals surface area contributed by atoms with Crippen LogP contribution in [0.2, 0.25) is 0 Å². The van der Waals surface area contributed by atoms with Crippen molar-refractivity contribution < 1.29 is 14.3 Å². The predicted molar refractivity (Wildman–Crippen MR) is 79.2 cm³/mol. The summed E-state index contributed by atoms with van der Waals surface area (Å²) in [4.78, 5) is 13.0.